The Hall–Kier alpha value is -2.76. The number of hydrogen-bond donors (Lipinski definition) is 3. The van der Waals surface area contributed by atoms with Crippen LogP contribution in [-0.4, -0.2) is 15.1 Å². The molecule has 23 heavy (non-hydrogen) atoms. The van der Waals surface area contributed by atoms with Gasteiger partial charge in [0.2, 0.25) is 0 Å². The molecule has 0 spiro atoms. The third kappa shape index (κ3) is 2.02. The van der Waals surface area contributed by atoms with Crippen molar-refractivity contribution in [3.8, 4) is 5.75 Å². The predicted molar refractivity (Wildman–Crippen MR) is 86.5 cm³/mol. The van der Waals surface area contributed by atoms with Gasteiger partial charge in [-0.2, -0.15) is 0 Å². The standard InChI is InChI=1S/C18H16N4O/c19-17-16-15(5-2-8-21-16)18(22-17,12-6-9-20-10-7-12)13-3-1-4-14(23)11-13/h1-11,17,22-23H,19H2. The average Bonchev–Trinajstić information content (AvgIpc) is 2.90. The van der Waals surface area contributed by atoms with Crippen LogP contribution in [0.15, 0.2) is 67.1 Å². The Kier molecular flexibility index (Phi) is 3.11. The molecule has 5 heteroatoms. The molecule has 0 saturated heterocycles. The predicted octanol–water partition coefficient (Wildman–Crippen LogP) is 2.03. The summed E-state index contributed by atoms with van der Waals surface area (Å²) in [5.41, 5.74) is 9.33. The molecule has 4 N–H and O–H groups in total. The first-order valence-corrected chi connectivity index (χ1v) is 7.40. The van der Waals surface area contributed by atoms with E-state index in [-0.39, 0.29) is 11.9 Å². The van der Waals surface area contributed by atoms with E-state index in [0.29, 0.717) is 0 Å². The zero-order valence-corrected chi connectivity index (χ0v) is 12.3. The van der Waals surface area contributed by atoms with Crippen LogP contribution in [0.25, 0.3) is 0 Å². The van der Waals surface area contributed by atoms with Gasteiger partial charge in [0.1, 0.15) is 11.9 Å². The van der Waals surface area contributed by atoms with Gasteiger partial charge in [0.25, 0.3) is 0 Å². The summed E-state index contributed by atoms with van der Waals surface area (Å²) in [6.45, 7) is 0. The summed E-state index contributed by atoms with van der Waals surface area (Å²) in [7, 11) is 0. The molecule has 0 fully saturated rings. The van der Waals surface area contributed by atoms with E-state index in [1.807, 2.05) is 36.4 Å². The Labute approximate surface area is 133 Å². The van der Waals surface area contributed by atoms with E-state index in [1.54, 1.807) is 30.7 Å². The zero-order valence-electron chi connectivity index (χ0n) is 12.3. The minimum absolute atomic E-state index is 0.212. The fourth-order valence-corrected chi connectivity index (χ4v) is 3.35. The van der Waals surface area contributed by atoms with Crippen molar-refractivity contribution in [3.05, 3.63) is 89.5 Å². The molecular weight excluding hydrogens is 288 g/mol. The molecule has 2 unspecified atom stereocenters. The van der Waals surface area contributed by atoms with E-state index in [9.17, 15) is 5.11 Å². The minimum Gasteiger partial charge on any atom is -0.508 e. The first-order chi connectivity index (χ1) is 11.2. The molecule has 0 radical (unpaired) electrons. The maximum Gasteiger partial charge on any atom is 0.115 e. The number of nitrogens with zero attached hydrogens (tertiary/aromatic N) is 2. The fourth-order valence-electron chi connectivity index (χ4n) is 3.35. The van der Waals surface area contributed by atoms with Gasteiger partial charge in [-0.05, 0) is 41.5 Å². The average molecular weight is 304 g/mol. The highest BCUT2D eigenvalue weighted by atomic mass is 16.3. The number of nitrogens with two attached hydrogens (primary N) is 1. The SMILES string of the molecule is NC1NC(c2ccncc2)(c2cccc(O)c2)c2cccnc21. The number of aromatic nitrogens is 2. The summed E-state index contributed by atoms with van der Waals surface area (Å²) in [4.78, 5) is 8.55. The van der Waals surface area contributed by atoms with Gasteiger partial charge in [-0.3, -0.25) is 15.3 Å². The smallest absolute Gasteiger partial charge is 0.115 e. The van der Waals surface area contributed by atoms with Gasteiger partial charge in [-0.15, -0.1) is 0 Å². The maximum absolute atomic E-state index is 9.96. The van der Waals surface area contributed by atoms with Crippen molar-refractivity contribution in [1.29, 1.82) is 0 Å². The molecule has 1 aliphatic rings. The molecule has 5 nitrogen and oxygen atoms in total. The third-order valence-corrected chi connectivity index (χ3v) is 4.30. The second-order valence-corrected chi connectivity index (χ2v) is 5.59. The van der Waals surface area contributed by atoms with E-state index in [0.717, 1.165) is 22.4 Å². The lowest BCUT2D eigenvalue weighted by Gasteiger charge is -2.32. The first-order valence-electron chi connectivity index (χ1n) is 7.40. The van der Waals surface area contributed by atoms with Gasteiger partial charge >= 0.3 is 0 Å². The van der Waals surface area contributed by atoms with Crippen molar-refractivity contribution in [3.63, 3.8) is 0 Å². The van der Waals surface area contributed by atoms with Gasteiger partial charge in [0.15, 0.2) is 0 Å². The van der Waals surface area contributed by atoms with Crippen molar-refractivity contribution in [2.24, 2.45) is 5.73 Å². The Morgan fingerprint density at radius 1 is 1.00 bits per heavy atom. The lowest BCUT2D eigenvalue weighted by Crippen LogP contribution is -2.42. The van der Waals surface area contributed by atoms with Crippen LogP contribution in [0.2, 0.25) is 0 Å². The van der Waals surface area contributed by atoms with Crippen molar-refractivity contribution in [2.75, 3.05) is 0 Å². The lowest BCUT2D eigenvalue weighted by molar-refractivity contribution is 0.444. The second kappa shape index (κ2) is 5.15. The van der Waals surface area contributed by atoms with E-state index in [1.165, 1.54) is 0 Å². The fraction of sp³-hybridized carbons (Fsp3) is 0.111. The Balaban J connectivity index is 2.05. The normalized spacial score (nSPS) is 22.7. The van der Waals surface area contributed by atoms with Crippen molar-refractivity contribution < 1.29 is 5.11 Å². The van der Waals surface area contributed by atoms with Crippen LogP contribution in [0, 0.1) is 0 Å². The largest absolute Gasteiger partial charge is 0.508 e. The number of hydrogen-bond acceptors (Lipinski definition) is 5. The molecule has 2 aromatic heterocycles. The van der Waals surface area contributed by atoms with Crippen LogP contribution in [0.3, 0.4) is 0 Å². The number of phenols is 1. The Morgan fingerprint density at radius 3 is 2.61 bits per heavy atom. The first kappa shape index (κ1) is 13.9. The summed E-state index contributed by atoms with van der Waals surface area (Å²) in [5.74, 6) is 0.212. The van der Waals surface area contributed by atoms with Gasteiger partial charge in [0.05, 0.1) is 11.2 Å². The topological polar surface area (TPSA) is 84.1 Å². The highest BCUT2D eigenvalue weighted by molar-refractivity contribution is 5.55. The van der Waals surface area contributed by atoms with Crippen molar-refractivity contribution in [1.82, 2.24) is 15.3 Å². The van der Waals surface area contributed by atoms with E-state index >= 15 is 0 Å². The van der Waals surface area contributed by atoms with E-state index in [4.69, 9.17) is 5.73 Å². The summed E-state index contributed by atoms with van der Waals surface area (Å²) >= 11 is 0. The van der Waals surface area contributed by atoms with Gasteiger partial charge in [0, 0.05) is 24.2 Å². The molecule has 0 aliphatic carbocycles. The highest BCUT2D eigenvalue weighted by Crippen LogP contribution is 2.44. The van der Waals surface area contributed by atoms with Crippen LogP contribution in [-0.2, 0) is 5.54 Å². The highest BCUT2D eigenvalue weighted by Gasteiger charge is 2.45. The summed E-state index contributed by atoms with van der Waals surface area (Å²) in [6, 6.07) is 15.0. The number of rotatable bonds is 2. The van der Waals surface area contributed by atoms with Crippen LogP contribution in [0.4, 0.5) is 0 Å². The molecular formula is C18H16N4O. The number of phenolic OH excluding ortho intramolecular Hbond substituents is 1. The molecule has 0 saturated carbocycles. The maximum atomic E-state index is 9.96. The molecule has 0 bridgehead atoms. The summed E-state index contributed by atoms with van der Waals surface area (Å²) in [6.07, 6.45) is 4.86. The van der Waals surface area contributed by atoms with Gasteiger partial charge in [-0.25, -0.2) is 0 Å². The van der Waals surface area contributed by atoms with Crippen molar-refractivity contribution >= 4 is 0 Å². The second-order valence-electron chi connectivity index (χ2n) is 5.59. The molecule has 1 aliphatic heterocycles. The van der Waals surface area contributed by atoms with Gasteiger partial charge < -0.3 is 10.8 Å². The van der Waals surface area contributed by atoms with Crippen molar-refractivity contribution in [2.45, 2.75) is 11.7 Å². The van der Waals surface area contributed by atoms with Crippen LogP contribution >= 0.6 is 0 Å². The Bertz CT molecular complexity index is 852. The molecule has 4 rings (SSSR count). The van der Waals surface area contributed by atoms with Crippen LogP contribution in [0.5, 0.6) is 5.75 Å². The molecule has 3 heterocycles. The number of pyridine rings is 2. The van der Waals surface area contributed by atoms with E-state index < -0.39 is 5.54 Å². The van der Waals surface area contributed by atoms with Crippen LogP contribution < -0.4 is 11.1 Å². The number of benzene rings is 1. The van der Waals surface area contributed by atoms with Crippen LogP contribution in [0.1, 0.15) is 28.6 Å². The Morgan fingerprint density at radius 2 is 1.83 bits per heavy atom. The third-order valence-electron chi connectivity index (χ3n) is 4.30. The molecule has 3 aromatic rings. The summed E-state index contributed by atoms with van der Waals surface area (Å²) in [5, 5.41) is 13.4. The minimum atomic E-state index is -0.662. The molecule has 114 valence electrons. The zero-order chi connectivity index (χ0) is 15.9. The number of aromatic hydroxyl groups is 1. The lowest BCUT2D eigenvalue weighted by atomic mass is 9.79. The van der Waals surface area contributed by atoms with E-state index in [2.05, 4.69) is 15.3 Å². The monoisotopic (exact) mass is 304 g/mol. The summed E-state index contributed by atoms with van der Waals surface area (Å²) < 4.78 is 0. The quantitative estimate of drug-likeness (QED) is 0.674. The number of nitrogens with one attached hydrogen (secondary N) is 1. The molecule has 0 amide bonds. The molecule has 1 aromatic carbocycles. The molecule has 2 atom stereocenters. The van der Waals surface area contributed by atoms with Gasteiger partial charge in [-0.1, -0.05) is 18.2 Å². The number of fused-ring (bicyclic) bond motifs is 1.